The zero-order valence-electron chi connectivity index (χ0n) is 17.4. The number of aryl methyl sites for hydroxylation is 2. The van der Waals surface area contributed by atoms with E-state index in [9.17, 15) is 10.5 Å². The van der Waals surface area contributed by atoms with Crippen molar-refractivity contribution in [1.82, 2.24) is 0 Å². The topological polar surface area (TPSA) is 56.3 Å². The van der Waals surface area contributed by atoms with Crippen LogP contribution in [-0.2, 0) is 0 Å². The van der Waals surface area contributed by atoms with E-state index in [0.29, 0.717) is 0 Å². The Hall–Kier alpha value is -3.42. The first-order valence-electron chi connectivity index (χ1n) is 10.1. The van der Waals surface area contributed by atoms with E-state index in [2.05, 4.69) is 58.2 Å². The average Bonchev–Trinajstić information content (AvgIpc) is 3.33. The van der Waals surface area contributed by atoms with E-state index in [-0.39, 0.29) is 33.7 Å². The van der Waals surface area contributed by atoms with Crippen LogP contribution in [0.3, 0.4) is 0 Å². The van der Waals surface area contributed by atoms with E-state index < -0.39 is 0 Å². The van der Waals surface area contributed by atoms with Crippen LogP contribution in [0.25, 0.3) is 9.69 Å². The van der Waals surface area contributed by atoms with Crippen LogP contribution in [0.1, 0.15) is 34.1 Å². The van der Waals surface area contributed by atoms with E-state index in [4.69, 9.17) is 13.1 Å². The van der Waals surface area contributed by atoms with Crippen molar-refractivity contribution in [1.29, 1.82) is 10.5 Å². The Balaban J connectivity index is 1.86. The summed E-state index contributed by atoms with van der Waals surface area (Å²) < 4.78 is 0. The predicted octanol–water partition coefficient (Wildman–Crippen LogP) is 6.53. The van der Waals surface area contributed by atoms with Crippen LogP contribution in [0.2, 0.25) is 0 Å². The third-order valence-corrected chi connectivity index (χ3v) is 9.16. The molecule has 6 heteroatoms. The minimum Gasteiger partial charge on any atom is -0.227 e. The van der Waals surface area contributed by atoms with Crippen LogP contribution >= 0.6 is 23.5 Å². The molecule has 2 aromatic rings. The lowest BCUT2D eigenvalue weighted by molar-refractivity contribution is 0.617. The van der Waals surface area contributed by atoms with Gasteiger partial charge in [-0.25, -0.2) is 20.2 Å². The number of rotatable bonds is 0. The molecule has 0 N–H and O–H groups in total. The summed E-state index contributed by atoms with van der Waals surface area (Å²) in [5.74, 6) is -0.382. The van der Waals surface area contributed by atoms with Crippen molar-refractivity contribution in [2.75, 3.05) is 0 Å². The Morgan fingerprint density at radius 1 is 0.781 bits per heavy atom. The predicted molar refractivity (Wildman–Crippen MR) is 126 cm³/mol. The fourth-order valence-corrected chi connectivity index (χ4v) is 8.46. The highest BCUT2D eigenvalue weighted by Gasteiger charge is 2.54. The first kappa shape index (κ1) is 20.5. The first-order valence-corrected chi connectivity index (χ1v) is 11.9. The zero-order valence-corrected chi connectivity index (χ0v) is 19.0. The van der Waals surface area contributed by atoms with Crippen molar-refractivity contribution in [3.63, 3.8) is 0 Å². The first-order chi connectivity index (χ1) is 15.5. The Morgan fingerprint density at radius 3 is 1.53 bits per heavy atom. The normalized spacial score (nSPS) is 27.4. The number of benzene rings is 2. The zero-order chi connectivity index (χ0) is 22.6. The summed E-state index contributed by atoms with van der Waals surface area (Å²) in [6, 6.07) is 16.8. The summed E-state index contributed by atoms with van der Waals surface area (Å²) in [5, 5.41) is 19.4. The number of hydrogen-bond donors (Lipinski definition) is 0. The molecule has 2 heterocycles. The molecule has 4 nitrogen and oxygen atoms in total. The number of nitrogens with zero attached hydrogens (tertiary/aromatic N) is 4. The quantitative estimate of drug-likeness (QED) is 0.340. The highest BCUT2D eigenvalue weighted by atomic mass is 32.2. The maximum absolute atomic E-state index is 9.89. The third-order valence-electron chi connectivity index (χ3n) is 6.39. The summed E-state index contributed by atoms with van der Waals surface area (Å²) in [5.41, 5.74) is 6.42. The lowest BCUT2D eigenvalue weighted by Gasteiger charge is -2.40. The number of fused-ring (bicyclic) bond motifs is 6. The average molecular weight is 449 g/mol. The van der Waals surface area contributed by atoms with Crippen LogP contribution in [0.4, 0.5) is 0 Å². The summed E-state index contributed by atoms with van der Waals surface area (Å²) in [6.07, 6.45) is 0. The SMILES string of the molecule is [C-]#[N+]/C(C#N)=C1\C2Sc3cc(C)ccc3C2/C(=C(/C#N)[N+]#[C-])C2Sc3cc(C)ccc3C12. The minimum absolute atomic E-state index is 0.140. The molecule has 152 valence electrons. The van der Waals surface area contributed by atoms with Crippen LogP contribution in [0.5, 0.6) is 0 Å². The second-order valence-electron chi connectivity index (χ2n) is 8.17. The Morgan fingerprint density at radius 2 is 1.19 bits per heavy atom. The van der Waals surface area contributed by atoms with Crippen molar-refractivity contribution in [2.45, 2.75) is 46.0 Å². The van der Waals surface area contributed by atoms with Gasteiger partial charge in [0.05, 0.1) is 25.3 Å². The van der Waals surface area contributed by atoms with Gasteiger partial charge in [0, 0.05) is 32.1 Å². The van der Waals surface area contributed by atoms with Gasteiger partial charge in [0.1, 0.15) is 0 Å². The van der Waals surface area contributed by atoms with Crippen LogP contribution in [0.15, 0.2) is 68.7 Å². The molecular formula is C26H16N4S2. The van der Waals surface area contributed by atoms with E-state index >= 15 is 0 Å². The molecule has 0 radical (unpaired) electrons. The molecule has 4 unspecified atom stereocenters. The van der Waals surface area contributed by atoms with Crippen LogP contribution < -0.4 is 0 Å². The highest BCUT2D eigenvalue weighted by Crippen LogP contribution is 2.66. The fraction of sp³-hybridized carbons (Fsp3) is 0.231. The van der Waals surface area contributed by atoms with Crippen molar-refractivity contribution in [3.8, 4) is 12.1 Å². The summed E-state index contributed by atoms with van der Waals surface area (Å²) in [4.78, 5) is 9.48. The highest BCUT2D eigenvalue weighted by molar-refractivity contribution is 8.01. The molecule has 0 saturated heterocycles. The number of nitriles is 2. The molecule has 1 aliphatic carbocycles. The summed E-state index contributed by atoms with van der Waals surface area (Å²) in [7, 11) is 0. The molecular weight excluding hydrogens is 432 g/mol. The molecule has 0 spiro atoms. The smallest absolute Gasteiger partial charge is 0.227 e. The Kier molecular flexibility index (Phi) is 4.87. The molecule has 1 fully saturated rings. The van der Waals surface area contributed by atoms with Gasteiger partial charge in [-0.2, -0.15) is 0 Å². The minimum atomic E-state index is -0.191. The molecule has 5 rings (SSSR count). The van der Waals surface area contributed by atoms with Gasteiger partial charge in [-0.1, -0.05) is 24.3 Å². The monoisotopic (exact) mass is 448 g/mol. The molecule has 32 heavy (non-hydrogen) atoms. The number of hydrogen-bond acceptors (Lipinski definition) is 4. The summed E-state index contributed by atoms with van der Waals surface area (Å²) in [6.45, 7) is 19.6. The molecule has 0 aromatic heterocycles. The Labute approximate surface area is 195 Å². The van der Waals surface area contributed by atoms with Gasteiger partial charge in [-0.15, -0.1) is 23.5 Å². The second kappa shape index (κ2) is 7.62. The maximum Gasteiger partial charge on any atom is 0.262 e. The van der Waals surface area contributed by atoms with Gasteiger partial charge >= 0.3 is 0 Å². The van der Waals surface area contributed by atoms with E-state index in [1.807, 2.05) is 13.8 Å². The molecule has 2 aliphatic heterocycles. The third kappa shape index (κ3) is 2.82. The molecule has 2 aromatic carbocycles. The van der Waals surface area contributed by atoms with Gasteiger partial charge in [-0.3, -0.25) is 0 Å². The molecule has 4 atom stereocenters. The van der Waals surface area contributed by atoms with Crippen molar-refractivity contribution < 1.29 is 0 Å². The Bertz CT molecular complexity index is 1280. The van der Waals surface area contributed by atoms with Gasteiger partial charge in [0.2, 0.25) is 0 Å². The second-order valence-corrected chi connectivity index (χ2v) is 10.5. The van der Waals surface area contributed by atoms with Gasteiger partial charge < -0.3 is 0 Å². The summed E-state index contributed by atoms with van der Waals surface area (Å²) >= 11 is 3.32. The van der Waals surface area contributed by atoms with E-state index in [1.165, 1.54) is 0 Å². The largest absolute Gasteiger partial charge is 0.262 e. The van der Waals surface area contributed by atoms with E-state index in [0.717, 1.165) is 43.2 Å². The fourth-order valence-electron chi connectivity index (χ4n) is 5.11. The van der Waals surface area contributed by atoms with Crippen LogP contribution in [-0.4, -0.2) is 10.5 Å². The molecule has 3 aliphatic rings. The standard InChI is InChI=1S/C26H16N4S2/c1-13-5-7-15-19(9-13)31-25-21(15)23(17(11-27)29-3)26-22(24(25)18(12-28)30-4)16-8-6-14(2)10-20(16)32-26/h5-10,21-22,25-26H,1-2H3/b23-17-,24-18+. The lowest BCUT2D eigenvalue weighted by atomic mass is 9.68. The molecule has 1 saturated carbocycles. The lowest BCUT2D eigenvalue weighted by Crippen LogP contribution is -2.35. The number of allylic oxidation sites excluding steroid dienone is 2. The van der Waals surface area contributed by atoms with Gasteiger partial charge in [-0.05, 0) is 59.4 Å². The molecule has 0 bridgehead atoms. The van der Waals surface area contributed by atoms with Crippen molar-refractivity contribution >= 4 is 23.5 Å². The van der Waals surface area contributed by atoms with E-state index in [1.54, 1.807) is 23.5 Å². The molecule has 0 amide bonds. The van der Waals surface area contributed by atoms with Gasteiger partial charge in [0.15, 0.2) is 0 Å². The number of thioether (sulfide) groups is 2. The van der Waals surface area contributed by atoms with Crippen molar-refractivity contribution in [3.05, 3.63) is 104 Å². The van der Waals surface area contributed by atoms with Gasteiger partial charge in [0.25, 0.3) is 11.4 Å². The van der Waals surface area contributed by atoms with Crippen LogP contribution in [0, 0.1) is 49.7 Å². The maximum atomic E-state index is 9.89. The van der Waals surface area contributed by atoms with Crippen molar-refractivity contribution in [2.24, 2.45) is 0 Å².